The maximum Gasteiger partial charge on any atom is 0.150 e. The normalized spacial score (nSPS) is 11.4. The van der Waals surface area contributed by atoms with Crippen LogP contribution in [0.4, 0.5) is 0 Å². The Bertz CT molecular complexity index is 770. The maximum absolute atomic E-state index is 11.0. The van der Waals surface area contributed by atoms with E-state index in [1.54, 1.807) is 11.3 Å². The van der Waals surface area contributed by atoms with Crippen molar-refractivity contribution in [3.63, 3.8) is 0 Å². The number of benzene rings is 1. The van der Waals surface area contributed by atoms with Crippen LogP contribution in [0.15, 0.2) is 35.7 Å². The Balaban J connectivity index is 2.15. The highest BCUT2D eigenvalue weighted by Crippen LogP contribution is 2.28. The first-order valence-corrected chi connectivity index (χ1v) is 8.63. The number of fused-ring (bicyclic) bond motifs is 1. The summed E-state index contributed by atoms with van der Waals surface area (Å²) in [6.07, 6.45) is 3.89. The molecule has 0 saturated carbocycles. The molecule has 0 saturated heterocycles. The molecule has 0 atom stereocenters. The number of rotatable bonds is 6. The lowest BCUT2D eigenvalue weighted by Gasteiger charge is -2.18. The summed E-state index contributed by atoms with van der Waals surface area (Å²) in [4.78, 5) is 17.2. The Morgan fingerprint density at radius 2 is 2.09 bits per heavy atom. The Morgan fingerprint density at radius 3 is 2.73 bits per heavy atom. The van der Waals surface area contributed by atoms with Crippen molar-refractivity contribution in [1.82, 2.24) is 9.55 Å². The number of carbonyl (C=O) groups is 1. The number of imidazole rings is 1. The molecule has 4 heteroatoms. The number of nitrogens with zero attached hydrogens (tertiary/aromatic N) is 2. The second kappa shape index (κ2) is 6.44. The van der Waals surface area contributed by atoms with Crippen molar-refractivity contribution in [2.75, 3.05) is 0 Å². The monoisotopic (exact) mass is 312 g/mol. The average molecular weight is 312 g/mol. The van der Waals surface area contributed by atoms with Crippen LogP contribution in [0.5, 0.6) is 0 Å². The fourth-order valence-corrected chi connectivity index (χ4v) is 3.70. The summed E-state index contributed by atoms with van der Waals surface area (Å²) < 4.78 is 2.36. The second-order valence-corrected chi connectivity index (χ2v) is 6.52. The SMILES string of the molecule is CCC(CC)n1c(Cc2cccs2)nc2cc(C=O)ccc21. The van der Waals surface area contributed by atoms with Gasteiger partial charge in [0.15, 0.2) is 0 Å². The average Bonchev–Trinajstić information content (AvgIpc) is 3.17. The van der Waals surface area contributed by atoms with Gasteiger partial charge in [-0.25, -0.2) is 4.98 Å². The summed E-state index contributed by atoms with van der Waals surface area (Å²) >= 11 is 1.76. The molecule has 3 aromatic rings. The molecule has 0 radical (unpaired) electrons. The van der Waals surface area contributed by atoms with Crippen LogP contribution in [0, 0.1) is 0 Å². The standard InChI is InChI=1S/C18H20N2OS/c1-3-14(4-2)20-17-8-7-13(12-21)10-16(17)19-18(20)11-15-6-5-9-22-15/h5-10,12,14H,3-4,11H2,1-2H3. The molecular formula is C18H20N2OS. The molecule has 0 amide bonds. The molecule has 2 heterocycles. The van der Waals surface area contributed by atoms with Crippen molar-refractivity contribution in [3.05, 3.63) is 52.0 Å². The van der Waals surface area contributed by atoms with E-state index in [2.05, 4.69) is 35.9 Å². The van der Waals surface area contributed by atoms with Crippen LogP contribution in [0.3, 0.4) is 0 Å². The predicted molar refractivity (Wildman–Crippen MR) is 91.9 cm³/mol. The van der Waals surface area contributed by atoms with Gasteiger partial charge in [-0.2, -0.15) is 0 Å². The number of aldehydes is 1. The molecule has 0 N–H and O–H groups in total. The maximum atomic E-state index is 11.0. The third kappa shape index (κ3) is 2.71. The lowest BCUT2D eigenvalue weighted by atomic mass is 10.1. The fraction of sp³-hybridized carbons (Fsp3) is 0.333. The molecule has 3 nitrogen and oxygen atoms in total. The minimum absolute atomic E-state index is 0.446. The van der Waals surface area contributed by atoms with E-state index in [1.807, 2.05) is 18.2 Å². The minimum atomic E-state index is 0.446. The van der Waals surface area contributed by atoms with Crippen LogP contribution in [0.2, 0.25) is 0 Å². The summed E-state index contributed by atoms with van der Waals surface area (Å²) in [7, 11) is 0. The first-order valence-electron chi connectivity index (χ1n) is 7.75. The quantitative estimate of drug-likeness (QED) is 0.609. The topological polar surface area (TPSA) is 34.9 Å². The number of carbonyl (C=O) groups excluding carboxylic acids is 1. The van der Waals surface area contributed by atoms with Crippen LogP contribution in [0.1, 0.15) is 53.8 Å². The Labute approximate surface area is 134 Å². The van der Waals surface area contributed by atoms with E-state index in [4.69, 9.17) is 4.98 Å². The molecule has 0 bridgehead atoms. The van der Waals surface area contributed by atoms with Crippen molar-refractivity contribution < 1.29 is 4.79 Å². The summed E-state index contributed by atoms with van der Waals surface area (Å²) in [5.74, 6) is 1.09. The van der Waals surface area contributed by atoms with E-state index >= 15 is 0 Å². The van der Waals surface area contributed by atoms with E-state index in [0.29, 0.717) is 11.6 Å². The summed E-state index contributed by atoms with van der Waals surface area (Å²) in [5, 5.41) is 2.10. The number of aromatic nitrogens is 2. The van der Waals surface area contributed by atoms with Crippen LogP contribution >= 0.6 is 11.3 Å². The van der Waals surface area contributed by atoms with Crippen LogP contribution < -0.4 is 0 Å². The summed E-state index contributed by atoms with van der Waals surface area (Å²) in [5.41, 5.74) is 2.73. The largest absolute Gasteiger partial charge is 0.325 e. The van der Waals surface area contributed by atoms with Crippen LogP contribution in [-0.4, -0.2) is 15.8 Å². The van der Waals surface area contributed by atoms with Gasteiger partial charge in [0.2, 0.25) is 0 Å². The van der Waals surface area contributed by atoms with Crippen molar-refractivity contribution >= 4 is 28.7 Å². The van der Waals surface area contributed by atoms with Gasteiger partial charge in [0.25, 0.3) is 0 Å². The molecule has 0 fully saturated rings. The highest BCUT2D eigenvalue weighted by Gasteiger charge is 2.17. The number of hydrogen-bond acceptors (Lipinski definition) is 3. The molecule has 1 aromatic carbocycles. The molecule has 2 aromatic heterocycles. The molecule has 0 aliphatic rings. The fourth-order valence-electron chi connectivity index (χ4n) is 2.99. The van der Waals surface area contributed by atoms with E-state index in [-0.39, 0.29) is 0 Å². The van der Waals surface area contributed by atoms with Gasteiger partial charge in [-0.15, -0.1) is 11.3 Å². The molecule has 22 heavy (non-hydrogen) atoms. The van der Waals surface area contributed by atoms with Gasteiger partial charge >= 0.3 is 0 Å². The van der Waals surface area contributed by atoms with Gasteiger partial charge < -0.3 is 4.57 Å². The number of thiophene rings is 1. The second-order valence-electron chi connectivity index (χ2n) is 5.49. The zero-order valence-corrected chi connectivity index (χ0v) is 13.8. The molecule has 3 rings (SSSR count). The minimum Gasteiger partial charge on any atom is -0.325 e. The van der Waals surface area contributed by atoms with Gasteiger partial charge in [-0.1, -0.05) is 19.9 Å². The lowest BCUT2D eigenvalue weighted by Crippen LogP contribution is -2.11. The Hall–Kier alpha value is -1.94. The van der Waals surface area contributed by atoms with E-state index in [1.165, 1.54) is 4.88 Å². The lowest BCUT2D eigenvalue weighted by molar-refractivity contribution is 0.112. The van der Waals surface area contributed by atoms with Crippen molar-refractivity contribution in [1.29, 1.82) is 0 Å². The number of hydrogen-bond donors (Lipinski definition) is 0. The third-order valence-corrected chi connectivity index (χ3v) is 5.02. The molecule has 0 aliphatic heterocycles. The van der Waals surface area contributed by atoms with Gasteiger partial charge in [0.1, 0.15) is 12.1 Å². The molecular weight excluding hydrogens is 292 g/mol. The Morgan fingerprint density at radius 1 is 1.27 bits per heavy atom. The first kappa shape index (κ1) is 15.0. The van der Waals surface area contributed by atoms with Crippen LogP contribution in [-0.2, 0) is 6.42 Å². The van der Waals surface area contributed by atoms with E-state index in [0.717, 1.165) is 42.4 Å². The zero-order valence-electron chi connectivity index (χ0n) is 13.0. The third-order valence-electron chi connectivity index (χ3n) is 4.14. The predicted octanol–water partition coefficient (Wildman–Crippen LogP) is 4.86. The highest BCUT2D eigenvalue weighted by molar-refractivity contribution is 7.09. The van der Waals surface area contributed by atoms with Crippen molar-refractivity contribution in [2.24, 2.45) is 0 Å². The molecule has 0 aliphatic carbocycles. The highest BCUT2D eigenvalue weighted by atomic mass is 32.1. The van der Waals surface area contributed by atoms with Gasteiger partial charge in [0, 0.05) is 22.9 Å². The molecule has 0 spiro atoms. The first-order chi connectivity index (χ1) is 10.8. The van der Waals surface area contributed by atoms with Gasteiger partial charge in [-0.05, 0) is 42.5 Å². The molecule has 0 unspecified atom stereocenters. The van der Waals surface area contributed by atoms with Gasteiger partial charge in [0.05, 0.1) is 11.0 Å². The molecule has 114 valence electrons. The van der Waals surface area contributed by atoms with E-state index in [9.17, 15) is 4.79 Å². The van der Waals surface area contributed by atoms with E-state index < -0.39 is 0 Å². The smallest absolute Gasteiger partial charge is 0.150 e. The van der Waals surface area contributed by atoms with Crippen molar-refractivity contribution in [3.8, 4) is 0 Å². The van der Waals surface area contributed by atoms with Crippen molar-refractivity contribution in [2.45, 2.75) is 39.2 Å². The van der Waals surface area contributed by atoms with Gasteiger partial charge in [-0.3, -0.25) is 4.79 Å². The Kier molecular flexibility index (Phi) is 4.39. The van der Waals surface area contributed by atoms with Crippen LogP contribution in [0.25, 0.3) is 11.0 Å². The summed E-state index contributed by atoms with van der Waals surface area (Å²) in [6.45, 7) is 4.43. The summed E-state index contributed by atoms with van der Waals surface area (Å²) in [6, 6.07) is 10.5. The zero-order chi connectivity index (χ0) is 15.5.